The molecule has 0 amide bonds. The van der Waals surface area contributed by atoms with Crippen LogP contribution >= 0.6 is 22.6 Å². The molecule has 0 unspecified atom stereocenters. The topological polar surface area (TPSA) is 51.2 Å². The van der Waals surface area contributed by atoms with Gasteiger partial charge in [-0.05, 0) is 34.7 Å². The minimum atomic E-state index is -0.409. The van der Waals surface area contributed by atoms with E-state index in [0.717, 1.165) is 9.65 Å². The van der Waals surface area contributed by atoms with Crippen molar-refractivity contribution in [3.05, 3.63) is 80.4 Å². The standard InChI is InChI=1S/C17H9IO3/c18-14-8-4-3-7-12(14)17(21)13-9-15(19)10-5-1-2-6-11(10)16(13)20/h1-9H. The Morgan fingerprint density at radius 3 is 2.19 bits per heavy atom. The third-order valence-corrected chi connectivity index (χ3v) is 4.26. The Kier molecular flexibility index (Phi) is 3.55. The highest BCUT2D eigenvalue weighted by molar-refractivity contribution is 14.1. The molecule has 0 atom stereocenters. The monoisotopic (exact) mass is 388 g/mol. The van der Waals surface area contributed by atoms with Crippen LogP contribution in [0.2, 0.25) is 0 Å². The molecule has 0 aliphatic heterocycles. The number of allylic oxidation sites excluding steroid dienone is 2. The van der Waals surface area contributed by atoms with Gasteiger partial charge in [0, 0.05) is 26.3 Å². The lowest BCUT2D eigenvalue weighted by molar-refractivity contribution is 0.0934. The summed E-state index contributed by atoms with van der Waals surface area (Å²) in [4.78, 5) is 37.1. The molecule has 0 N–H and O–H groups in total. The Hall–Kier alpha value is -2.08. The molecule has 3 rings (SSSR count). The highest BCUT2D eigenvalue weighted by atomic mass is 127. The lowest BCUT2D eigenvalue weighted by Gasteiger charge is -2.14. The molecule has 2 aromatic rings. The molecule has 0 saturated heterocycles. The van der Waals surface area contributed by atoms with Crippen LogP contribution in [0.4, 0.5) is 0 Å². The first-order valence-electron chi connectivity index (χ1n) is 6.28. The van der Waals surface area contributed by atoms with E-state index in [1.165, 1.54) is 0 Å². The molecular formula is C17H9IO3. The summed E-state index contributed by atoms with van der Waals surface area (Å²) in [7, 11) is 0. The van der Waals surface area contributed by atoms with Crippen LogP contribution in [-0.4, -0.2) is 17.3 Å². The summed E-state index contributed by atoms with van der Waals surface area (Å²) in [5.74, 6) is -1.11. The first-order valence-corrected chi connectivity index (χ1v) is 7.36. The molecule has 0 radical (unpaired) electrons. The average Bonchev–Trinajstić information content (AvgIpc) is 2.51. The molecule has 0 heterocycles. The molecular weight excluding hydrogens is 379 g/mol. The van der Waals surface area contributed by atoms with E-state index in [2.05, 4.69) is 0 Å². The summed E-state index contributed by atoms with van der Waals surface area (Å²) < 4.78 is 0.750. The van der Waals surface area contributed by atoms with Crippen molar-refractivity contribution in [2.45, 2.75) is 0 Å². The van der Waals surface area contributed by atoms with E-state index < -0.39 is 11.6 Å². The molecule has 1 aliphatic carbocycles. The zero-order chi connectivity index (χ0) is 15.0. The molecule has 0 spiro atoms. The van der Waals surface area contributed by atoms with Crippen molar-refractivity contribution in [2.75, 3.05) is 0 Å². The van der Waals surface area contributed by atoms with Crippen molar-refractivity contribution in [2.24, 2.45) is 0 Å². The van der Waals surface area contributed by atoms with Gasteiger partial charge in [-0.1, -0.05) is 36.4 Å². The molecule has 102 valence electrons. The lowest BCUT2D eigenvalue weighted by Crippen LogP contribution is -2.22. The fraction of sp³-hybridized carbons (Fsp3) is 0. The van der Waals surface area contributed by atoms with Gasteiger partial charge >= 0.3 is 0 Å². The van der Waals surface area contributed by atoms with E-state index in [-0.39, 0.29) is 11.4 Å². The van der Waals surface area contributed by atoms with E-state index in [1.807, 2.05) is 28.7 Å². The van der Waals surface area contributed by atoms with Crippen LogP contribution in [0, 0.1) is 3.57 Å². The van der Waals surface area contributed by atoms with Gasteiger partial charge in [-0.15, -0.1) is 0 Å². The third-order valence-electron chi connectivity index (χ3n) is 3.32. The number of carbonyl (C=O) groups excluding carboxylic acids is 3. The minimum Gasteiger partial charge on any atom is -0.289 e. The number of halogens is 1. The van der Waals surface area contributed by atoms with Gasteiger partial charge in [0.05, 0.1) is 5.57 Å². The maximum Gasteiger partial charge on any atom is 0.198 e. The molecule has 0 aromatic heterocycles. The van der Waals surface area contributed by atoms with E-state index >= 15 is 0 Å². The third kappa shape index (κ3) is 2.35. The molecule has 4 heteroatoms. The van der Waals surface area contributed by atoms with E-state index in [4.69, 9.17) is 0 Å². The second kappa shape index (κ2) is 5.37. The highest BCUT2D eigenvalue weighted by Crippen LogP contribution is 2.25. The maximum absolute atomic E-state index is 12.5. The van der Waals surface area contributed by atoms with Crippen molar-refractivity contribution in [3.63, 3.8) is 0 Å². The van der Waals surface area contributed by atoms with E-state index in [9.17, 15) is 14.4 Å². The molecule has 0 bridgehead atoms. The Balaban J connectivity index is 2.09. The summed E-state index contributed by atoms with van der Waals surface area (Å²) >= 11 is 2.04. The number of carbonyl (C=O) groups is 3. The normalized spacial score (nSPS) is 13.7. The summed E-state index contributed by atoms with van der Waals surface area (Å²) in [5, 5.41) is 0. The number of benzene rings is 2. The van der Waals surface area contributed by atoms with Crippen molar-refractivity contribution >= 4 is 39.9 Å². The Morgan fingerprint density at radius 2 is 1.48 bits per heavy atom. The van der Waals surface area contributed by atoms with Crippen LogP contribution < -0.4 is 0 Å². The second-order valence-corrected chi connectivity index (χ2v) is 5.77. The first-order chi connectivity index (χ1) is 10.1. The fourth-order valence-electron chi connectivity index (χ4n) is 2.27. The minimum absolute atomic E-state index is 0.0668. The van der Waals surface area contributed by atoms with Crippen molar-refractivity contribution in [3.8, 4) is 0 Å². The van der Waals surface area contributed by atoms with E-state index in [1.54, 1.807) is 42.5 Å². The number of rotatable bonds is 2. The molecule has 0 fully saturated rings. The zero-order valence-electron chi connectivity index (χ0n) is 10.8. The van der Waals surface area contributed by atoms with Crippen LogP contribution in [0.1, 0.15) is 31.1 Å². The number of ketones is 3. The van der Waals surface area contributed by atoms with Crippen LogP contribution in [0.25, 0.3) is 0 Å². The molecule has 2 aromatic carbocycles. The van der Waals surface area contributed by atoms with E-state index in [0.29, 0.717) is 16.7 Å². The molecule has 21 heavy (non-hydrogen) atoms. The van der Waals surface area contributed by atoms with Crippen molar-refractivity contribution in [1.82, 2.24) is 0 Å². The lowest BCUT2D eigenvalue weighted by atomic mass is 9.86. The smallest absolute Gasteiger partial charge is 0.198 e. The molecule has 1 aliphatic rings. The van der Waals surface area contributed by atoms with Crippen molar-refractivity contribution < 1.29 is 14.4 Å². The molecule has 0 saturated carbocycles. The van der Waals surface area contributed by atoms with Gasteiger partial charge in [-0.25, -0.2) is 0 Å². The highest BCUT2D eigenvalue weighted by Gasteiger charge is 2.30. The van der Waals surface area contributed by atoms with Crippen LogP contribution in [-0.2, 0) is 0 Å². The number of fused-ring (bicyclic) bond motifs is 1. The number of hydrogen-bond donors (Lipinski definition) is 0. The van der Waals surface area contributed by atoms with Gasteiger partial charge in [0.25, 0.3) is 0 Å². The summed E-state index contributed by atoms with van der Waals surface area (Å²) in [6.07, 6.45) is 1.15. The fourth-order valence-corrected chi connectivity index (χ4v) is 2.91. The van der Waals surface area contributed by atoms with Crippen LogP contribution in [0.3, 0.4) is 0 Å². The quantitative estimate of drug-likeness (QED) is 0.450. The average molecular weight is 388 g/mol. The van der Waals surface area contributed by atoms with Gasteiger partial charge < -0.3 is 0 Å². The van der Waals surface area contributed by atoms with Gasteiger partial charge in [0.1, 0.15) is 0 Å². The predicted molar refractivity (Wildman–Crippen MR) is 86.7 cm³/mol. The van der Waals surface area contributed by atoms with Gasteiger partial charge in [0.15, 0.2) is 17.3 Å². The van der Waals surface area contributed by atoms with Crippen molar-refractivity contribution in [1.29, 1.82) is 0 Å². The maximum atomic E-state index is 12.5. The van der Waals surface area contributed by atoms with Gasteiger partial charge in [-0.2, -0.15) is 0 Å². The Bertz CT molecular complexity index is 818. The van der Waals surface area contributed by atoms with Gasteiger partial charge in [0.2, 0.25) is 0 Å². The van der Waals surface area contributed by atoms with Crippen LogP contribution in [0.15, 0.2) is 60.2 Å². The number of hydrogen-bond acceptors (Lipinski definition) is 3. The van der Waals surface area contributed by atoms with Gasteiger partial charge in [-0.3, -0.25) is 14.4 Å². The zero-order valence-corrected chi connectivity index (χ0v) is 13.0. The Labute approximate surface area is 134 Å². The van der Waals surface area contributed by atoms with Crippen LogP contribution in [0.5, 0.6) is 0 Å². The second-order valence-electron chi connectivity index (χ2n) is 4.61. The predicted octanol–water partition coefficient (Wildman–Crippen LogP) is 3.48. The summed E-state index contributed by atoms with van der Waals surface area (Å²) in [6.45, 7) is 0. The Morgan fingerprint density at radius 1 is 0.857 bits per heavy atom. The molecule has 3 nitrogen and oxygen atoms in total. The first kappa shape index (κ1) is 13.9. The summed E-state index contributed by atoms with van der Waals surface area (Å²) in [6, 6.07) is 13.6. The SMILES string of the molecule is O=C(C1=CC(=O)c2ccccc2C1=O)c1ccccc1I. The summed E-state index contributed by atoms with van der Waals surface area (Å²) in [5.41, 5.74) is 1.01. The largest absolute Gasteiger partial charge is 0.289 e. The number of Topliss-reactive ketones (excluding diaryl/α,β-unsaturated/α-hetero) is 2.